The van der Waals surface area contributed by atoms with Crippen molar-refractivity contribution in [3.8, 4) is 10.4 Å². The van der Waals surface area contributed by atoms with E-state index in [1.807, 2.05) is 6.92 Å². The number of aliphatic hydroxyl groups excluding tert-OH is 1. The second kappa shape index (κ2) is 11.1. The quantitative estimate of drug-likeness (QED) is 0.401. The van der Waals surface area contributed by atoms with Crippen LogP contribution in [0.1, 0.15) is 78.2 Å². The van der Waals surface area contributed by atoms with E-state index in [0.29, 0.717) is 19.4 Å². The number of likely N-dealkylation sites (tertiary alicyclic amines) is 1. The van der Waals surface area contributed by atoms with Crippen molar-refractivity contribution < 1.29 is 36.6 Å². The zero-order valence-electron chi connectivity index (χ0n) is 20.7. The Hall–Kier alpha value is -2.87. The van der Waals surface area contributed by atoms with Gasteiger partial charge in [0.25, 0.3) is 18.2 Å². The average Bonchev–Trinajstić information content (AvgIpc) is 3.50. The van der Waals surface area contributed by atoms with Crippen LogP contribution in [0.4, 0.5) is 27.8 Å². The van der Waals surface area contributed by atoms with Crippen LogP contribution >= 0.6 is 11.3 Å². The highest BCUT2D eigenvalue weighted by molar-refractivity contribution is 7.17. The second-order valence-electron chi connectivity index (χ2n) is 9.52. The zero-order chi connectivity index (χ0) is 27.8. The van der Waals surface area contributed by atoms with Gasteiger partial charge >= 0.3 is 6.18 Å². The van der Waals surface area contributed by atoms with Crippen LogP contribution in [-0.4, -0.2) is 68.7 Å². The van der Waals surface area contributed by atoms with E-state index in [2.05, 4.69) is 20.6 Å². The van der Waals surface area contributed by atoms with Gasteiger partial charge in [-0.05, 0) is 45.1 Å². The minimum Gasteiger partial charge on any atom is -0.391 e. The number of rotatable bonds is 8. The standard InChI is InChI=1S/C24H28F5N5O3S/c1-3-16(24(27,28)29)32-17-9-12(20(25)26)13(10-30-17)19-18(23(37)34-8-4-5-11(34)2)33-22(38-19)21(36)31-14-6-7-15(14)35/h9-11,14-16,20,35H,3-8H2,1-2H3,(H,30,32)(H,31,36)/t11-,14+,15-,16?/m0/s1. The number of alkyl halides is 5. The van der Waals surface area contributed by atoms with E-state index in [4.69, 9.17) is 0 Å². The summed E-state index contributed by atoms with van der Waals surface area (Å²) in [7, 11) is 0. The number of thiazole rings is 1. The number of hydrogen-bond donors (Lipinski definition) is 3. The van der Waals surface area contributed by atoms with Gasteiger partial charge in [0, 0.05) is 29.9 Å². The van der Waals surface area contributed by atoms with E-state index in [1.165, 1.54) is 6.92 Å². The van der Waals surface area contributed by atoms with E-state index in [-0.39, 0.29) is 33.6 Å². The summed E-state index contributed by atoms with van der Waals surface area (Å²) in [5.74, 6) is -1.58. The van der Waals surface area contributed by atoms with Gasteiger partial charge < -0.3 is 20.6 Å². The van der Waals surface area contributed by atoms with E-state index in [0.717, 1.165) is 36.4 Å². The molecular formula is C24H28F5N5O3S. The summed E-state index contributed by atoms with van der Waals surface area (Å²) >= 11 is 0.721. The third kappa shape index (κ3) is 5.75. The first-order valence-electron chi connectivity index (χ1n) is 12.3. The molecular weight excluding hydrogens is 533 g/mol. The van der Waals surface area contributed by atoms with Crippen molar-refractivity contribution in [1.29, 1.82) is 0 Å². The number of aliphatic hydroxyl groups is 1. The van der Waals surface area contributed by atoms with Crippen molar-refractivity contribution in [1.82, 2.24) is 20.2 Å². The maximum Gasteiger partial charge on any atom is 0.408 e. The molecule has 0 radical (unpaired) electrons. The van der Waals surface area contributed by atoms with Crippen LogP contribution in [0.15, 0.2) is 12.3 Å². The van der Waals surface area contributed by atoms with Gasteiger partial charge in [-0.25, -0.2) is 18.7 Å². The first-order valence-corrected chi connectivity index (χ1v) is 13.1. The molecule has 1 aliphatic heterocycles. The molecule has 2 amide bonds. The van der Waals surface area contributed by atoms with Crippen LogP contribution in [0.25, 0.3) is 10.4 Å². The van der Waals surface area contributed by atoms with Gasteiger partial charge in [-0.2, -0.15) is 13.2 Å². The highest BCUT2D eigenvalue weighted by atomic mass is 32.1. The maximum absolute atomic E-state index is 14.2. The summed E-state index contributed by atoms with van der Waals surface area (Å²) in [6.07, 6.45) is -5.20. The van der Waals surface area contributed by atoms with Gasteiger partial charge in [-0.15, -0.1) is 11.3 Å². The van der Waals surface area contributed by atoms with Crippen LogP contribution in [0.5, 0.6) is 0 Å². The summed E-state index contributed by atoms with van der Waals surface area (Å²) in [6.45, 7) is 3.59. The number of pyridine rings is 1. The molecule has 14 heteroatoms. The molecule has 0 aromatic carbocycles. The molecule has 38 heavy (non-hydrogen) atoms. The first-order chi connectivity index (χ1) is 17.9. The molecule has 2 aromatic heterocycles. The smallest absolute Gasteiger partial charge is 0.391 e. The number of anilines is 1. The normalized spacial score (nSPS) is 22.3. The molecule has 2 fully saturated rings. The van der Waals surface area contributed by atoms with Crippen molar-refractivity contribution in [2.75, 3.05) is 11.9 Å². The lowest BCUT2D eigenvalue weighted by molar-refractivity contribution is -0.142. The summed E-state index contributed by atoms with van der Waals surface area (Å²) in [5.41, 5.74) is -1.04. The van der Waals surface area contributed by atoms with E-state index in [1.54, 1.807) is 4.90 Å². The average molecular weight is 562 g/mol. The predicted molar refractivity (Wildman–Crippen MR) is 130 cm³/mol. The van der Waals surface area contributed by atoms with Crippen LogP contribution in [0.3, 0.4) is 0 Å². The Morgan fingerprint density at radius 2 is 2.00 bits per heavy atom. The number of carbonyl (C=O) groups is 2. The number of nitrogens with zero attached hydrogens (tertiary/aromatic N) is 3. The largest absolute Gasteiger partial charge is 0.408 e. The fourth-order valence-corrected chi connectivity index (χ4v) is 5.50. The van der Waals surface area contributed by atoms with Gasteiger partial charge in [-0.1, -0.05) is 6.92 Å². The number of aromatic nitrogens is 2. The summed E-state index contributed by atoms with van der Waals surface area (Å²) in [6, 6.07) is -1.75. The second-order valence-corrected chi connectivity index (χ2v) is 10.5. The van der Waals surface area contributed by atoms with Gasteiger partial charge in [0.05, 0.1) is 17.0 Å². The molecule has 3 N–H and O–H groups in total. The van der Waals surface area contributed by atoms with Crippen LogP contribution in [0.2, 0.25) is 0 Å². The predicted octanol–water partition coefficient (Wildman–Crippen LogP) is 4.77. The summed E-state index contributed by atoms with van der Waals surface area (Å²) in [5, 5.41) is 14.4. The minimum absolute atomic E-state index is 0.0226. The molecule has 1 saturated heterocycles. The van der Waals surface area contributed by atoms with Gasteiger partial charge in [0.15, 0.2) is 5.01 Å². The minimum atomic E-state index is -4.61. The lowest BCUT2D eigenvalue weighted by atomic mass is 9.89. The SMILES string of the molecule is CCC(Nc1cc(C(F)F)c(-c2sc(C(=O)N[C@@H]3CC[C@@H]3O)nc2C(=O)N2CCC[C@@H]2C)cn1)C(F)(F)F. The van der Waals surface area contributed by atoms with Crippen LogP contribution in [0, 0.1) is 0 Å². The Balaban J connectivity index is 1.74. The van der Waals surface area contributed by atoms with Crippen molar-refractivity contribution in [3.05, 3.63) is 28.5 Å². The summed E-state index contributed by atoms with van der Waals surface area (Å²) in [4.78, 5) is 35.9. The number of nitrogens with one attached hydrogen (secondary N) is 2. The summed E-state index contributed by atoms with van der Waals surface area (Å²) < 4.78 is 68.0. The van der Waals surface area contributed by atoms with Crippen molar-refractivity contribution in [2.24, 2.45) is 0 Å². The Labute approximate surface area is 219 Å². The van der Waals surface area contributed by atoms with E-state index >= 15 is 0 Å². The molecule has 4 rings (SSSR count). The Morgan fingerprint density at radius 3 is 2.53 bits per heavy atom. The van der Waals surface area contributed by atoms with Gasteiger partial charge in [0.1, 0.15) is 17.6 Å². The molecule has 2 aromatic rings. The number of amides is 2. The molecule has 1 saturated carbocycles. The lowest BCUT2D eigenvalue weighted by Gasteiger charge is -2.32. The van der Waals surface area contributed by atoms with Crippen molar-refractivity contribution in [3.63, 3.8) is 0 Å². The molecule has 8 nitrogen and oxygen atoms in total. The number of hydrogen-bond acceptors (Lipinski definition) is 7. The van der Waals surface area contributed by atoms with Crippen LogP contribution in [-0.2, 0) is 0 Å². The monoisotopic (exact) mass is 561 g/mol. The van der Waals surface area contributed by atoms with Gasteiger partial charge in [0.2, 0.25) is 0 Å². The fourth-order valence-electron chi connectivity index (χ4n) is 4.51. The number of halogens is 5. The Kier molecular flexibility index (Phi) is 8.21. The fraction of sp³-hybridized carbons (Fsp3) is 0.583. The molecule has 3 heterocycles. The molecule has 4 atom stereocenters. The zero-order valence-corrected chi connectivity index (χ0v) is 21.5. The molecule has 208 valence electrons. The van der Waals surface area contributed by atoms with E-state index < -0.39 is 54.0 Å². The number of carbonyl (C=O) groups excluding carboxylic acids is 2. The first kappa shape index (κ1) is 28.1. The molecule has 1 unspecified atom stereocenters. The highest BCUT2D eigenvalue weighted by Gasteiger charge is 2.39. The highest BCUT2D eigenvalue weighted by Crippen LogP contribution is 2.39. The van der Waals surface area contributed by atoms with E-state index in [9.17, 15) is 36.6 Å². The van der Waals surface area contributed by atoms with Crippen LogP contribution < -0.4 is 10.6 Å². The third-order valence-corrected chi connectivity index (χ3v) is 8.02. The maximum atomic E-state index is 14.2. The van der Waals surface area contributed by atoms with Crippen molar-refractivity contribution in [2.45, 2.75) is 82.8 Å². The topological polar surface area (TPSA) is 107 Å². The Bertz CT molecular complexity index is 1190. The lowest BCUT2D eigenvalue weighted by Crippen LogP contribution is -2.50. The Morgan fingerprint density at radius 1 is 1.26 bits per heavy atom. The molecule has 0 spiro atoms. The van der Waals surface area contributed by atoms with Gasteiger partial charge in [-0.3, -0.25) is 9.59 Å². The molecule has 1 aliphatic carbocycles. The third-order valence-electron chi connectivity index (χ3n) is 6.93. The molecule has 2 aliphatic rings. The van der Waals surface area contributed by atoms with Crippen molar-refractivity contribution >= 4 is 29.0 Å². The molecule has 0 bridgehead atoms.